The van der Waals surface area contributed by atoms with Gasteiger partial charge in [0, 0.05) is 64.6 Å². The van der Waals surface area contributed by atoms with E-state index in [1.54, 1.807) is 4.90 Å². The number of amides is 1. The largest absolute Gasteiger partial charge is 0.434 e. The van der Waals surface area contributed by atoms with Crippen LogP contribution in [0.4, 0.5) is 50.0 Å². The van der Waals surface area contributed by atoms with Crippen LogP contribution in [0.1, 0.15) is 11.1 Å². The molecule has 3 aliphatic rings. The molecule has 15 heteroatoms. The van der Waals surface area contributed by atoms with Crippen LogP contribution in [0.5, 0.6) is 0 Å². The molecule has 208 valence electrons. The van der Waals surface area contributed by atoms with Crippen molar-refractivity contribution in [2.24, 2.45) is 11.8 Å². The molecule has 3 fully saturated rings. The highest BCUT2D eigenvalue weighted by molar-refractivity contribution is 5.68. The van der Waals surface area contributed by atoms with Crippen molar-refractivity contribution in [3.63, 3.8) is 0 Å². The standard InChI is InChI=1S/C22H25F9N4O2/c23-20(24,25)16-2-1-13(17(7-16)35-11-14-8-32-9-15(14)12-35)10-33-3-5-34(6-4-33)19(36)37-18(21(26,27)28)22(29,30)31/h1-2,7,14-15,18,32H,3-6,8-12H2. The fourth-order valence-electron chi connectivity index (χ4n) is 5.04. The first-order chi connectivity index (χ1) is 17.1. The molecule has 0 saturated carbocycles. The summed E-state index contributed by atoms with van der Waals surface area (Å²) in [4.78, 5) is 16.5. The average molecular weight is 548 g/mol. The van der Waals surface area contributed by atoms with Gasteiger partial charge in [-0.25, -0.2) is 4.79 Å². The molecule has 0 aliphatic carbocycles. The van der Waals surface area contributed by atoms with Crippen LogP contribution in [0.2, 0.25) is 0 Å². The van der Waals surface area contributed by atoms with Gasteiger partial charge >= 0.3 is 24.6 Å². The maximum absolute atomic E-state index is 13.4. The van der Waals surface area contributed by atoms with Crippen LogP contribution < -0.4 is 10.2 Å². The van der Waals surface area contributed by atoms with Gasteiger partial charge < -0.3 is 19.9 Å². The van der Waals surface area contributed by atoms with E-state index in [1.807, 2.05) is 4.90 Å². The molecule has 0 bridgehead atoms. The molecule has 0 aromatic heterocycles. The number of fused-ring (bicyclic) bond motifs is 1. The van der Waals surface area contributed by atoms with Crippen molar-refractivity contribution in [1.82, 2.24) is 15.1 Å². The number of nitrogens with zero attached hydrogens (tertiary/aromatic N) is 3. The summed E-state index contributed by atoms with van der Waals surface area (Å²) in [7, 11) is 0. The Hall–Kier alpha value is -2.42. The van der Waals surface area contributed by atoms with Crippen molar-refractivity contribution in [2.45, 2.75) is 31.2 Å². The third kappa shape index (κ3) is 6.36. The summed E-state index contributed by atoms with van der Waals surface area (Å²) < 4.78 is 120. The van der Waals surface area contributed by atoms with Gasteiger partial charge in [0.2, 0.25) is 0 Å². The Morgan fingerprint density at radius 2 is 1.49 bits per heavy atom. The molecule has 1 amide bonds. The summed E-state index contributed by atoms with van der Waals surface area (Å²) in [5, 5.41) is 3.27. The summed E-state index contributed by atoms with van der Waals surface area (Å²) in [6, 6.07) is 3.49. The first-order valence-electron chi connectivity index (χ1n) is 11.6. The van der Waals surface area contributed by atoms with Crippen molar-refractivity contribution < 1.29 is 49.0 Å². The monoisotopic (exact) mass is 548 g/mol. The number of alkyl halides is 9. The lowest BCUT2D eigenvalue weighted by atomic mass is 10.0. The second-order valence-corrected chi connectivity index (χ2v) is 9.53. The summed E-state index contributed by atoms with van der Waals surface area (Å²) in [5.74, 6) is 0.656. The quantitative estimate of drug-likeness (QED) is 0.575. The van der Waals surface area contributed by atoms with Gasteiger partial charge in [-0.3, -0.25) is 4.90 Å². The smallest absolute Gasteiger partial charge is 0.426 e. The molecule has 6 nitrogen and oxygen atoms in total. The number of benzene rings is 1. The van der Waals surface area contributed by atoms with Crippen LogP contribution >= 0.6 is 0 Å². The van der Waals surface area contributed by atoms with E-state index in [-0.39, 0.29) is 32.7 Å². The Labute approximate surface area is 206 Å². The minimum Gasteiger partial charge on any atom is -0.426 e. The van der Waals surface area contributed by atoms with E-state index in [2.05, 4.69) is 10.1 Å². The van der Waals surface area contributed by atoms with Crippen molar-refractivity contribution in [3.05, 3.63) is 29.3 Å². The molecule has 3 aliphatic heterocycles. The molecule has 1 aromatic rings. The summed E-state index contributed by atoms with van der Waals surface area (Å²) in [5.41, 5.74) is 0.285. The van der Waals surface area contributed by atoms with Crippen molar-refractivity contribution in [3.8, 4) is 0 Å². The van der Waals surface area contributed by atoms with E-state index in [9.17, 15) is 44.3 Å². The highest BCUT2D eigenvalue weighted by Gasteiger charge is 2.60. The maximum Gasteiger partial charge on any atom is 0.434 e. The van der Waals surface area contributed by atoms with Gasteiger partial charge in [0.05, 0.1) is 5.56 Å². The number of piperazine rings is 1. The van der Waals surface area contributed by atoms with Crippen LogP contribution in [-0.2, 0) is 17.5 Å². The lowest BCUT2D eigenvalue weighted by Crippen LogP contribution is -2.52. The minimum atomic E-state index is -5.81. The van der Waals surface area contributed by atoms with Gasteiger partial charge in [-0.05, 0) is 29.5 Å². The Morgan fingerprint density at radius 1 is 0.919 bits per heavy atom. The molecule has 1 N–H and O–H groups in total. The minimum absolute atomic E-state index is 0.0907. The van der Waals surface area contributed by atoms with Crippen molar-refractivity contribution >= 4 is 11.8 Å². The molecule has 3 saturated heterocycles. The molecule has 0 spiro atoms. The van der Waals surface area contributed by atoms with Gasteiger partial charge in [0.1, 0.15) is 0 Å². The van der Waals surface area contributed by atoms with Crippen molar-refractivity contribution in [1.29, 1.82) is 0 Å². The number of ether oxygens (including phenoxy) is 1. The molecule has 2 atom stereocenters. The zero-order chi connectivity index (χ0) is 27.2. The Kier molecular flexibility index (Phi) is 7.49. The van der Waals surface area contributed by atoms with E-state index >= 15 is 0 Å². The van der Waals surface area contributed by atoms with Gasteiger partial charge in [-0.2, -0.15) is 39.5 Å². The Morgan fingerprint density at radius 3 is 2.00 bits per heavy atom. The number of anilines is 1. The third-order valence-electron chi connectivity index (χ3n) is 6.98. The second kappa shape index (κ2) is 10.0. The predicted molar refractivity (Wildman–Crippen MR) is 113 cm³/mol. The number of hydrogen-bond acceptors (Lipinski definition) is 5. The van der Waals surface area contributed by atoms with Crippen LogP contribution in [0.25, 0.3) is 0 Å². The SMILES string of the molecule is O=C(OC(C(F)(F)F)C(F)(F)F)N1CCN(Cc2ccc(C(F)(F)F)cc2N2CC3CNCC3C2)CC1. The van der Waals surface area contributed by atoms with Gasteiger partial charge in [0.25, 0.3) is 6.10 Å². The number of carbonyl (C=O) groups is 1. The van der Waals surface area contributed by atoms with Crippen LogP contribution in [0.3, 0.4) is 0 Å². The van der Waals surface area contributed by atoms with E-state index in [0.29, 0.717) is 36.2 Å². The summed E-state index contributed by atoms with van der Waals surface area (Å²) >= 11 is 0. The lowest BCUT2D eigenvalue weighted by molar-refractivity contribution is -0.308. The van der Waals surface area contributed by atoms with E-state index in [4.69, 9.17) is 0 Å². The van der Waals surface area contributed by atoms with Crippen molar-refractivity contribution in [2.75, 3.05) is 57.3 Å². The number of carbonyl (C=O) groups excluding carboxylic acids is 1. The molecule has 2 unspecified atom stereocenters. The van der Waals surface area contributed by atoms with Crippen LogP contribution in [0, 0.1) is 11.8 Å². The molecular weight excluding hydrogens is 523 g/mol. The highest BCUT2D eigenvalue weighted by Crippen LogP contribution is 2.38. The Bertz CT molecular complexity index is 948. The number of nitrogens with one attached hydrogen (secondary N) is 1. The summed E-state index contributed by atoms with van der Waals surface area (Å²) in [6.07, 6.45) is -22.1. The highest BCUT2D eigenvalue weighted by atomic mass is 19.4. The lowest BCUT2D eigenvalue weighted by Gasteiger charge is -2.36. The average Bonchev–Trinajstić information content (AvgIpc) is 3.38. The molecule has 0 radical (unpaired) electrons. The maximum atomic E-state index is 13.4. The first kappa shape index (κ1) is 27.6. The topological polar surface area (TPSA) is 48.1 Å². The number of halogens is 9. The van der Waals surface area contributed by atoms with Crippen LogP contribution in [-0.4, -0.2) is 86.7 Å². The molecular formula is C22H25F9N4O2. The van der Waals surface area contributed by atoms with E-state index in [0.717, 1.165) is 30.1 Å². The molecule has 3 heterocycles. The van der Waals surface area contributed by atoms with Gasteiger partial charge in [-0.1, -0.05) is 6.07 Å². The Balaban J connectivity index is 1.41. The third-order valence-corrected chi connectivity index (χ3v) is 6.98. The molecule has 4 rings (SSSR count). The molecule has 1 aromatic carbocycles. The number of rotatable bonds is 4. The fraction of sp³-hybridized carbons (Fsp3) is 0.682. The van der Waals surface area contributed by atoms with Gasteiger partial charge in [0.15, 0.2) is 0 Å². The molecule has 37 heavy (non-hydrogen) atoms. The zero-order valence-corrected chi connectivity index (χ0v) is 19.4. The van der Waals surface area contributed by atoms with Gasteiger partial charge in [-0.15, -0.1) is 0 Å². The fourth-order valence-corrected chi connectivity index (χ4v) is 5.04. The van der Waals surface area contributed by atoms with E-state index in [1.165, 1.54) is 6.07 Å². The second-order valence-electron chi connectivity index (χ2n) is 9.53. The normalized spacial score (nSPS) is 23.6. The predicted octanol–water partition coefficient (Wildman–Crippen LogP) is 4.11. The van der Waals surface area contributed by atoms with E-state index < -0.39 is 36.3 Å². The summed E-state index contributed by atoms with van der Waals surface area (Å²) in [6.45, 7) is 2.77. The van der Waals surface area contributed by atoms with Crippen LogP contribution in [0.15, 0.2) is 18.2 Å². The number of hydrogen-bond donors (Lipinski definition) is 1. The first-order valence-corrected chi connectivity index (χ1v) is 11.6. The zero-order valence-electron chi connectivity index (χ0n) is 19.4.